The van der Waals surface area contributed by atoms with E-state index in [-0.39, 0.29) is 11.9 Å². The summed E-state index contributed by atoms with van der Waals surface area (Å²) in [6.07, 6.45) is 2.58. The van der Waals surface area contributed by atoms with E-state index in [1.54, 1.807) is 0 Å². The fourth-order valence-electron chi connectivity index (χ4n) is 1.20. The summed E-state index contributed by atoms with van der Waals surface area (Å²) in [4.78, 5) is 11.3. The van der Waals surface area contributed by atoms with Gasteiger partial charge in [0.25, 0.3) is 5.91 Å². The maximum absolute atomic E-state index is 11.3. The third-order valence-electron chi connectivity index (χ3n) is 2.22. The molecule has 1 aliphatic rings. The average molecular weight is 186 g/mol. The van der Waals surface area contributed by atoms with E-state index in [1.807, 2.05) is 6.92 Å². The van der Waals surface area contributed by atoms with Gasteiger partial charge < -0.3 is 16.2 Å². The zero-order chi connectivity index (χ0) is 9.84. The van der Waals surface area contributed by atoms with Crippen LogP contribution in [-0.2, 0) is 4.79 Å². The van der Waals surface area contributed by atoms with E-state index in [4.69, 9.17) is 5.73 Å². The highest BCUT2D eigenvalue weighted by Crippen LogP contribution is 2.18. The molecule has 76 valence electrons. The second-order valence-electron chi connectivity index (χ2n) is 3.68. The molecule has 4 N–H and O–H groups in total. The molecule has 1 amide bonds. The molecule has 0 heterocycles. The van der Waals surface area contributed by atoms with Crippen LogP contribution in [0.25, 0.3) is 0 Å². The molecule has 0 aromatic rings. The topological polar surface area (TPSA) is 75.3 Å². The van der Waals surface area contributed by atoms with E-state index in [2.05, 4.69) is 5.32 Å². The molecule has 0 bridgehead atoms. The minimum absolute atomic E-state index is 0.288. The third-order valence-corrected chi connectivity index (χ3v) is 2.22. The predicted octanol–water partition coefficient (Wildman–Crippen LogP) is -0.247. The predicted molar refractivity (Wildman–Crippen MR) is 50.1 cm³/mol. The summed E-state index contributed by atoms with van der Waals surface area (Å²) in [5.74, 6) is -0.316. The molecule has 1 aliphatic carbocycles. The Hall–Kier alpha value is -0.610. The van der Waals surface area contributed by atoms with Gasteiger partial charge in [-0.15, -0.1) is 0 Å². The number of rotatable bonds is 5. The largest absolute Gasteiger partial charge is 0.382 e. The number of carbonyl (C=O) groups is 1. The van der Waals surface area contributed by atoms with Gasteiger partial charge in [-0.1, -0.05) is 13.3 Å². The molecule has 1 unspecified atom stereocenters. The highest BCUT2D eigenvalue weighted by atomic mass is 16.3. The lowest BCUT2D eigenvalue weighted by Gasteiger charge is -2.17. The van der Waals surface area contributed by atoms with Crippen molar-refractivity contribution >= 4 is 5.91 Å². The van der Waals surface area contributed by atoms with Crippen LogP contribution in [-0.4, -0.2) is 29.2 Å². The molecule has 2 atom stereocenters. The molecule has 0 spiro atoms. The molecule has 0 aromatic carbocycles. The number of nitrogens with two attached hydrogens (primary N) is 1. The molecule has 1 fully saturated rings. The van der Waals surface area contributed by atoms with Gasteiger partial charge >= 0.3 is 0 Å². The van der Waals surface area contributed by atoms with Crippen molar-refractivity contribution in [3.05, 3.63) is 0 Å². The Bertz CT molecular complexity index is 180. The quantitative estimate of drug-likeness (QED) is 0.554. The van der Waals surface area contributed by atoms with Crippen LogP contribution >= 0.6 is 0 Å². The number of amides is 1. The molecule has 4 nitrogen and oxygen atoms in total. The Morgan fingerprint density at radius 1 is 1.69 bits per heavy atom. The Morgan fingerprint density at radius 3 is 2.77 bits per heavy atom. The maximum Gasteiger partial charge on any atom is 0.250 e. The van der Waals surface area contributed by atoms with Crippen LogP contribution in [0.5, 0.6) is 0 Å². The maximum atomic E-state index is 11.3. The van der Waals surface area contributed by atoms with E-state index in [1.165, 1.54) is 0 Å². The molecular formula is C9H18N2O2. The van der Waals surface area contributed by atoms with Crippen LogP contribution in [0.4, 0.5) is 0 Å². The van der Waals surface area contributed by atoms with Gasteiger partial charge in [-0.25, -0.2) is 0 Å². The molecule has 0 radical (unpaired) electrons. The minimum Gasteiger partial charge on any atom is -0.382 e. The molecule has 1 saturated carbocycles. The van der Waals surface area contributed by atoms with E-state index in [9.17, 15) is 9.90 Å². The van der Waals surface area contributed by atoms with Crippen molar-refractivity contribution in [2.24, 2.45) is 5.73 Å². The Morgan fingerprint density at radius 2 is 2.31 bits per heavy atom. The smallest absolute Gasteiger partial charge is 0.250 e. The number of nitrogens with one attached hydrogen (secondary N) is 1. The summed E-state index contributed by atoms with van der Waals surface area (Å²) in [7, 11) is 0. The van der Waals surface area contributed by atoms with Gasteiger partial charge in [0.05, 0.1) is 0 Å². The Labute approximate surface area is 78.5 Å². The van der Waals surface area contributed by atoms with Gasteiger partial charge in [-0.2, -0.15) is 0 Å². The number of aliphatic hydroxyl groups excluding tert-OH is 1. The second-order valence-corrected chi connectivity index (χ2v) is 3.68. The van der Waals surface area contributed by atoms with Crippen molar-refractivity contribution in [3.8, 4) is 0 Å². The highest BCUT2D eigenvalue weighted by molar-refractivity contribution is 5.81. The van der Waals surface area contributed by atoms with E-state index in [0.29, 0.717) is 6.42 Å². The summed E-state index contributed by atoms with van der Waals surface area (Å²) < 4.78 is 0. The fraction of sp³-hybridized carbons (Fsp3) is 0.889. The Balaban J connectivity index is 2.26. The van der Waals surface area contributed by atoms with Gasteiger partial charge in [0.15, 0.2) is 0 Å². The highest BCUT2D eigenvalue weighted by Gasteiger charge is 2.28. The lowest BCUT2D eigenvalue weighted by Crippen LogP contribution is -2.46. The summed E-state index contributed by atoms with van der Waals surface area (Å²) in [5.41, 5.74) is 5.61. The van der Waals surface area contributed by atoms with Crippen LogP contribution in [0.3, 0.4) is 0 Å². The van der Waals surface area contributed by atoms with Crippen molar-refractivity contribution in [2.75, 3.05) is 0 Å². The first-order valence-electron chi connectivity index (χ1n) is 4.89. The molecule has 0 aromatic heterocycles. The number of carbonyl (C=O) groups excluding carboxylic acids is 1. The van der Waals surface area contributed by atoms with Gasteiger partial charge in [0.1, 0.15) is 6.10 Å². The summed E-state index contributed by atoms with van der Waals surface area (Å²) in [6.45, 7) is 1.98. The number of aliphatic hydroxyl groups is 1. The van der Waals surface area contributed by atoms with Crippen molar-refractivity contribution in [1.29, 1.82) is 0 Å². The zero-order valence-corrected chi connectivity index (χ0v) is 7.99. The van der Waals surface area contributed by atoms with E-state index >= 15 is 0 Å². The van der Waals surface area contributed by atoms with Crippen LogP contribution in [0.15, 0.2) is 0 Å². The first-order chi connectivity index (χ1) is 6.15. The van der Waals surface area contributed by atoms with Crippen molar-refractivity contribution in [2.45, 2.75) is 50.8 Å². The minimum atomic E-state index is -1.04. The molecular weight excluding hydrogens is 168 g/mol. The SMILES string of the molecule is CCC[C@@H](N)C(O)C(=O)NC1CC1. The van der Waals surface area contributed by atoms with Crippen molar-refractivity contribution in [3.63, 3.8) is 0 Å². The first kappa shape index (κ1) is 10.5. The number of hydrogen-bond donors (Lipinski definition) is 3. The van der Waals surface area contributed by atoms with Gasteiger partial charge in [-0.3, -0.25) is 4.79 Å². The van der Waals surface area contributed by atoms with Crippen LogP contribution in [0.1, 0.15) is 32.6 Å². The fourth-order valence-corrected chi connectivity index (χ4v) is 1.20. The normalized spacial score (nSPS) is 20.8. The Kier molecular flexibility index (Phi) is 3.69. The lowest BCUT2D eigenvalue weighted by molar-refractivity contribution is -0.130. The van der Waals surface area contributed by atoms with Gasteiger partial charge in [0, 0.05) is 12.1 Å². The van der Waals surface area contributed by atoms with Crippen LogP contribution in [0.2, 0.25) is 0 Å². The average Bonchev–Trinajstić information content (AvgIpc) is 2.87. The van der Waals surface area contributed by atoms with Gasteiger partial charge in [0.2, 0.25) is 0 Å². The van der Waals surface area contributed by atoms with Crippen molar-refractivity contribution < 1.29 is 9.90 Å². The second kappa shape index (κ2) is 4.58. The van der Waals surface area contributed by atoms with Crippen molar-refractivity contribution in [1.82, 2.24) is 5.32 Å². The molecule has 0 saturated heterocycles. The van der Waals surface area contributed by atoms with E-state index < -0.39 is 12.1 Å². The number of hydrogen-bond acceptors (Lipinski definition) is 3. The lowest BCUT2D eigenvalue weighted by atomic mass is 10.1. The molecule has 1 rings (SSSR count). The zero-order valence-electron chi connectivity index (χ0n) is 7.99. The summed E-state index contributed by atoms with van der Waals surface area (Å²) >= 11 is 0. The summed E-state index contributed by atoms with van der Waals surface area (Å²) in [5, 5.41) is 12.2. The first-order valence-corrected chi connectivity index (χ1v) is 4.89. The molecule has 0 aliphatic heterocycles. The standard InChI is InChI=1S/C9H18N2O2/c1-2-3-7(10)8(12)9(13)11-6-4-5-6/h6-8,12H,2-5,10H2,1H3,(H,11,13)/t7-,8?/m1/s1. The van der Waals surface area contributed by atoms with E-state index in [0.717, 1.165) is 19.3 Å². The van der Waals surface area contributed by atoms with Crippen LogP contribution in [0, 0.1) is 0 Å². The summed E-state index contributed by atoms with van der Waals surface area (Å²) in [6, 6.07) is -0.139. The third kappa shape index (κ3) is 3.32. The van der Waals surface area contributed by atoms with Crippen LogP contribution < -0.4 is 11.1 Å². The van der Waals surface area contributed by atoms with Gasteiger partial charge in [-0.05, 0) is 19.3 Å². The molecule has 13 heavy (non-hydrogen) atoms. The monoisotopic (exact) mass is 186 g/mol. The molecule has 4 heteroatoms.